The first kappa shape index (κ1) is 15.8. The lowest BCUT2D eigenvalue weighted by Crippen LogP contribution is -2.35. The summed E-state index contributed by atoms with van der Waals surface area (Å²) in [6.45, 7) is 6.78. The maximum Gasteiger partial charge on any atom is 0.250 e. The first-order valence-corrected chi connectivity index (χ1v) is 8.37. The molecule has 1 aliphatic rings. The van der Waals surface area contributed by atoms with Crippen LogP contribution in [0.1, 0.15) is 18.5 Å². The Morgan fingerprint density at radius 1 is 1.39 bits per heavy atom. The summed E-state index contributed by atoms with van der Waals surface area (Å²) >= 11 is 0. The summed E-state index contributed by atoms with van der Waals surface area (Å²) in [6, 6.07) is 7.39. The highest BCUT2D eigenvalue weighted by Crippen LogP contribution is 2.17. The molecule has 6 nitrogen and oxygen atoms in total. The predicted molar refractivity (Wildman–Crippen MR) is 91.7 cm³/mol. The number of aryl methyl sites for hydroxylation is 2. The topological polar surface area (TPSA) is 63.9 Å². The van der Waals surface area contributed by atoms with Gasteiger partial charge in [-0.1, -0.05) is 6.07 Å². The zero-order chi connectivity index (χ0) is 16.1. The molecule has 124 valence electrons. The number of hydrogen-bond donors (Lipinski definition) is 2. The molecule has 2 aromatic heterocycles. The lowest BCUT2D eigenvalue weighted by Gasteiger charge is -2.25. The smallest absolute Gasteiger partial charge is 0.250 e. The number of aromatic nitrogens is 3. The molecule has 1 aliphatic heterocycles. The maximum absolute atomic E-state index is 11.6. The number of pyridine rings is 1. The van der Waals surface area contributed by atoms with Crippen molar-refractivity contribution in [1.29, 1.82) is 0 Å². The van der Waals surface area contributed by atoms with Crippen molar-refractivity contribution in [3.63, 3.8) is 0 Å². The Hall–Kier alpha value is -2.08. The molecule has 0 saturated carbocycles. The van der Waals surface area contributed by atoms with Crippen LogP contribution in [0.15, 0.2) is 35.3 Å². The standard InChI is InChI=1S/C17H25N5O/c1-14-10-16-19-12-15(13-22(16)20-14)11-18-7-3-5-9-21-8-4-2-6-17(21)23/h2,4,6,8,10,15,18-19H,3,5,7,9,11-13H2,1H3/t15-/m0/s1. The molecule has 0 aliphatic carbocycles. The summed E-state index contributed by atoms with van der Waals surface area (Å²) in [5.74, 6) is 1.70. The molecule has 0 bridgehead atoms. The van der Waals surface area contributed by atoms with Crippen molar-refractivity contribution in [3.8, 4) is 0 Å². The van der Waals surface area contributed by atoms with Gasteiger partial charge in [0.25, 0.3) is 0 Å². The van der Waals surface area contributed by atoms with E-state index in [9.17, 15) is 4.79 Å². The van der Waals surface area contributed by atoms with Crippen LogP contribution in [-0.4, -0.2) is 34.0 Å². The Kier molecular flexibility index (Phi) is 5.12. The zero-order valence-electron chi connectivity index (χ0n) is 13.7. The number of nitrogens with one attached hydrogen (secondary N) is 2. The molecule has 6 heteroatoms. The van der Waals surface area contributed by atoms with E-state index in [4.69, 9.17) is 0 Å². The normalized spacial score (nSPS) is 16.8. The summed E-state index contributed by atoms with van der Waals surface area (Å²) < 4.78 is 3.83. The van der Waals surface area contributed by atoms with E-state index in [1.54, 1.807) is 16.7 Å². The van der Waals surface area contributed by atoms with Gasteiger partial charge in [-0.2, -0.15) is 5.10 Å². The molecule has 1 atom stereocenters. The van der Waals surface area contributed by atoms with Gasteiger partial charge in [0.15, 0.2) is 0 Å². The molecule has 0 spiro atoms. The Labute approximate surface area is 136 Å². The lowest BCUT2D eigenvalue weighted by atomic mass is 10.1. The second-order valence-corrected chi connectivity index (χ2v) is 6.24. The third-order valence-electron chi connectivity index (χ3n) is 4.24. The molecule has 2 aromatic rings. The Balaban J connectivity index is 1.32. The van der Waals surface area contributed by atoms with Crippen LogP contribution in [0, 0.1) is 12.8 Å². The van der Waals surface area contributed by atoms with Gasteiger partial charge in [-0.25, -0.2) is 4.68 Å². The molecule has 23 heavy (non-hydrogen) atoms. The highest BCUT2D eigenvalue weighted by molar-refractivity contribution is 5.38. The molecule has 2 N–H and O–H groups in total. The van der Waals surface area contributed by atoms with Gasteiger partial charge in [0.1, 0.15) is 5.82 Å². The van der Waals surface area contributed by atoms with Crippen LogP contribution in [-0.2, 0) is 13.1 Å². The largest absolute Gasteiger partial charge is 0.370 e. The van der Waals surface area contributed by atoms with Crippen LogP contribution in [0.4, 0.5) is 5.82 Å². The molecular formula is C17H25N5O. The van der Waals surface area contributed by atoms with Crippen LogP contribution in [0.25, 0.3) is 0 Å². The van der Waals surface area contributed by atoms with Crippen LogP contribution in [0.3, 0.4) is 0 Å². The van der Waals surface area contributed by atoms with Gasteiger partial charge >= 0.3 is 0 Å². The highest BCUT2D eigenvalue weighted by atomic mass is 16.1. The quantitative estimate of drug-likeness (QED) is 0.760. The molecule has 0 amide bonds. The van der Waals surface area contributed by atoms with E-state index >= 15 is 0 Å². The molecule has 3 heterocycles. The van der Waals surface area contributed by atoms with Gasteiger partial charge in [0.05, 0.1) is 5.69 Å². The van der Waals surface area contributed by atoms with Crippen molar-refractivity contribution in [2.75, 3.05) is 25.0 Å². The Morgan fingerprint density at radius 3 is 3.17 bits per heavy atom. The van der Waals surface area contributed by atoms with Crippen molar-refractivity contribution in [2.45, 2.75) is 32.9 Å². The van der Waals surface area contributed by atoms with Crippen LogP contribution >= 0.6 is 0 Å². The van der Waals surface area contributed by atoms with E-state index in [0.29, 0.717) is 5.92 Å². The van der Waals surface area contributed by atoms with E-state index in [0.717, 1.165) is 57.1 Å². The summed E-state index contributed by atoms with van der Waals surface area (Å²) in [5.41, 5.74) is 1.15. The van der Waals surface area contributed by atoms with Crippen LogP contribution < -0.4 is 16.2 Å². The third-order valence-corrected chi connectivity index (χ3v) is 4.24. The molecule has 0 aromatic carbocycles. The van der Waals surface area contributed by atoms with Gasteiger partial charge in [0, 0.05) is 50.4 Å². The Bertz CT molecular complexity index is 690. The number of hydrogen-bond acceptors (Lipinski definition) is 4. The Morgan fingerprint density at radius 2 is 2.30 bits per heavy atom. The number of rotatable bonds is 7. The van der Waals surface area contributed by atoms with Gasteiger partial charge in [0.2, 0.25) is 5.56 Å². The third kappa shape index (κ3) is 4.22. The van der Waals surface area contributed by atoms with E-state index in [2.05, 4.69) is 26.5 Å². The van der Waals surface area contributed by atoms with E-state index in [1.165, 1.54) is 0 Å². The van der Waals surface area contributed by atoms with Gasteiger partial charge < -0.3 is 15.2 Å². The number of nitrogens with zero attached hydrogens (tertiary/aromatic N) is 3. The fourth-order valence-electron chi connectivity index (χ4n) is 3.01. The lowest BCUT2D eigenvalue weighted by molar-refractivity contribution is 0.388. The van der Waals surface area contributed by atoms with Gasteiger partial charge in [-0.05, 0) is 32.4 Å². The first-order valence-electron chi connectivity index (χ1n) is 8.37. The van der Waals surface area contributed by atoms with Crippen molar-refractivity contribution in [3.05, 3.63) is 46.5 Å². The number of anilines is 1. The monoisotopic (exact) mass is 315 g/mol. The van der Waals surface area contributed by atoms with Crippen molar-refractivity contribution < 1.29 is 0 Å². The minimum absolute atomic E-state index is 0.0825. The van der Waals surface area contributed by atoms with E-state index in [-0.39, 0.29) is 5.56 Å². The van der Waals surface area contributed by atoms with Crippen molar-refractivity contribution >= 4 is 5.82 Å². The van der Waals surface area contributed by atoms with Gasteiger partial charge in [-0.3, -0.25) is 4.79 Å². The van der Waals surface area contributed by atoms with Gasteiger partial charge in [-0.15, -0.1) is 0 Å². The summed E-state index contributed by atoms with van der Waals surface area (Å²) in [4.78, 5) is 11.6. The summed E-state index contributed by atoms with van der Waals surface area (Å²) in [7, 11) is 0. The number of fused-ring (bicyclic) bond motifs is 1. The molecule has 0 saturated heterocycles. The van der Waals surface area contributed by atoms with Crippen LogP contribution in [0.2, 0.25) is 0 Å². The molecule has 3 rings (SSSR count). The molecular weight excluding hydrogens is 290 g/mol. The summed E-state index contributed by atoms with van der Waals surface area (Å²) in [5, 5.41) is 11.5. The molecule has 0 unspecified atom stereocenters. The second kappa shape index (κ2) is 7.46. The molecule has 0 radical (unpaired) electrons. The highest BCUT2D eigenvalue weighted by Gasteiger charge is 2.18. The second-order valence-electron chi connectivity index (χ2n) is 6.24. The molecule has 0 fully saturated rings. The minimum Gasteiger partial charge on any atom is -0.370 e. The van der Waals surface area contributed by atoms with E-state index < -0.39 is 0 Å². The van der Waals surface area contributed by atoms with Crippen molar-refractivity contribution in [1.82, 2.24) is 19.7 Å². The predicted octanol–water partition coefficient (Wildman–Crippen LogP) is 1.46. The van der Waals surface area contributed by atoms with Crippen molar-refractivity contribution in [2.24, 2.45) is 5.92 Å². The summed E-state index contributed by atoms with van der Waals surface area (Å²) in [6.07, 6.45) is 3.95. The number of unbranched alkanes of at least 4 members (excludes halogenated alkanes) is 1. The average Bonchev–Trinajstić information content (AvgIpc) is 2.91. The fourth-order valence-corrected chi connectivity index (χ4v) is 3.01. The van der Waals surface area contributed by atoms with E-state index in [1.807, 2.05) is 19.2 Å². The SMILES string of the molecule is Cc1cc2n(n1)C[C@@H](CNCCCCn1ccccc1=O)CN2. The fraction of sp³-hybridized carbons (Fsp3) is 0.529. The minimum atomic E-state index is 0.0825. The zero-order valence-corrected chi connectivity index (χ0v) is 13.7. The first-order chi connectivity index (χ1) is 11.2. The maximum atomic E-state index is 11.6. The average molecular weight is 315 g/mol. The van der Waals surface area contributed by atoms with Crippen LogP contribution in [0.5, 0.6) is 0 Å².